The Balaban J connectivity index is 1.77. The second-order valence-corrected chi connectivity index (χ2v) is 6.89. The fourth-order valence-corrected chi connectivity index (χ4v) is 2.11. The third kappa shape index (κ3) is 4.28. The first kappa shape index (κ1) is 15.5. The fraction of sp³-hybridized carbons (Fsp3) is 0.429. The minimum absolute atomic E-state index is 0.0744. The highest BCUT2D eigenvalue weighted by molar-refractivity contribution is 7.90. The van der Waals surface area contributed by atoms with Crippen LogP contribution in [0.15, 0.2) is 18.2 Å². The van der Waals surface area contributed by atoms with Crippen LogP contribution in [0.5, 0.6) is 17.2 Å². The van der Waals surface area contributed by atoms with Gasteiger partial charge in [-0.1, -0.05) is 11.8 Å². The SMILES string of the molecule is CC(C)S(=O)(=O)NCC#CCOc1ccc2c(c1)OCO2. The highest BCUT2D eigenvalue weighted by Crippen LogP contribution is 2.34. The molecule has 0 amide bonds. The maximum Gasteiger partial charge on any atom is 0.231 e. The van der Waals surface area contributed by atoms with Crippen molar-refractivity contribution >= 4 is 10.0 Å². The van der Waals surface area contributed by atoms with E-state index in [9.17, 15) is 8.42 Å². The predicted octanol–water partition coefficient (Wildman–Crippen LogP) is 1.13. The molecule has 7 heteroatoms. The Morgan fingerprint density at radius 2 is 2.05 bits per heavy atom. The van der Waals surface area contributed by atoms with E-state index in [1.54, 1.807) is 32.0 Å². The molecule has 1 N–H and O–H groups in total. The van der Waals surface area contributed by atoms with Crippen molar-refractivity contribution in [3.05, 3.63) is 18.2 Å². The monoisotopic (exact) mass is 311 g/mol. The summed E-state index contributed by atoms with van der Waals surface area (Å²) in [5, 5.41) is -0.468. The fourth-order valence-electron chi connectivity index (χ4n) is 1.50. The lowest BCUT2D eigenvalue weighted by atomic mass is 10.3. The number of benzene rings is 1. The molecular weight excluding hydrogens is 294 g/mol. The van der Waals surface area contributed by atoms with E-state index in [0.717, 1.165) is 0 Å². The Labute approximate surface area is 124 Å². The quantitative estimate of drug-likeness (QED) is 0.825. The zero-order valence-corrected chi connectivity index (χ0v) is 12.7. The van der Waals surface area contributed by atoms with Crippen LogP contribution in [-0.4, -0.2) is 33.6 Å². The van der Waals surface area contributed by atoms with Crippen LogP contribution >= 0.6 is 0 Å². The Hall–Kier alpha value is -1.91. The summed E-state index contributed by atoms with van der Waals surface area (Å²) in [5.41, 5.74) is 0. The van der Waals surface area contributed by atoms with Crippen LogP contribution in [0.3, 0.4) is 0 Å². The van der Waals surface area contributed by atoms with Gasteiger partial charge in [-0.15, -0.1) is 0 Å². The molecule has 0 unspecified atom stereocenters. The molecule has 6 nitrogen and oxygen atoms in total. The predicted molar refractivity (Wildman–Crippen MR) is 77.9 cm³/mol. The van der Waals surface area contributed by atoms with E-state index in [0.29, 0.717) is 17.2 Å². The smallest absolute Gasteiger partial charge is 0.231 e. The third-order valence-corrected chi connectivity index (χ3v) is 4.55. The molecule has 114 valence electrons. The van der Waals surface area contributed by atoms with Crippen LogP contribution in [0.2, 0.25) is 0 Å². The average Bonchev–Trinajstić information content (AvgIpc) is 2.89. The first-order valence-electron chi connectivity index (χ1n) is 6.45. The second-order valence-electron chi connectivity index (χ2n) is 4.57. The van der Waals surface area contributed by atoms with E-state index in [1.807, 2.05) is 0 Å². The van der Waals surface area contributed by atoms with Gasteiger partial charge in [0.1, 0.15) is 12.4 Å². The molecule has 0 saturated heterocycles. The van der Waals surface area contributed by atoms with Crippen molar-refractivity contribution in [3.63, 3.8) is 0 Å². The lowest BCUT2D eigenvalue weighted by Crippen LogP contribution is -2.31. The molecule has 21 heavy (non-hydrogen) atoms. The molecule has 1 aromatic rings. The summed E-state index contributed by atoms with van der Waals surface area (Å²) < 4.78 is 41.2. The largest absolute Gasteiger partial charge is 0.481 e. The Morgan fingerprint density at radius 3 is 2.81 bits per heavy atom. The summed E-state index contributed by atoms with van der Waals surface area (Å²) in [6.45, 7) is 3.68. The van der Waals surface area contributed by atoms with Crippen molar-refractivity contribution in [3.8, 4) is 29.1 Å². The lowest BCUT2D eigenvalue weighted by molar-refractivity contribution is 0.174. The molecule has 0 saturated carbocycles. The molecule has 1 aliphatic rings. The van der Waals surface area contributed by atoms with Gasteiger partial charge in [0.15, 0.2) is 11.5 Å². The average molecular weight is 311 g/mol. The summed E-state index contributed by atoms with van der Waals surface area (Å²) >= 11 is 0. The number of hydrogen-bond acceptors (Lipinski definition) is 5. The molecule has 0 fully saturated rings. The van der Waals surface area contributed by atoms with Gasteiger partial charge in [0.2, 0.25) is 16.8 Å². The van der Waals surface area contributed by atoms with Crippen LogP contribution in [0.25, 0.3) is 0 Å². The molecule has 1 heterocycles. The summed E-state index contributed by atoms with van der Waals surface area (Å²) in [5.74, 6) is 7.40. The van der Waals surface area contributed by atoms with Gasteiger partial charge >= 0.3 is 0 Å². The van der Waals surface area contributed by atoms with Gasteiger partial charge in [0.25, 0.3) is 0 Å². The maximum absolute atomic E-state index is 11.5. The van der Waals surface area contributed by atoms with Crippen molar-refractivity contribution in [1.29, 1.82) is 0 Å². The first-order chi connectivity index (χ1) is 9.99. The van der Waals surface area contributed by atoms with Crippen LogP contribution < -0.4 is 18.9 Å². The molecule has 0 aliphatic carbocycles. The molecule has 1 aliphatic heterocycles. The summed E-state index contributed by atoms with van der Waals surface area (Å²) in [7, 11) is -3.27. The summed E-state index contributed by atoms with van der Waals surface area (Å²) in [6.07, 6.45) is 0. The van der Waals surface area contributed by atoms with E-state index >= 15 is 0 Å². The van der Waals surface area contributed by atoms with Crippen molar-refractivity contribution in [2.24, 2.45) is 0 Å². The number of ether oxygens (including phenoxy) is 3. The molecule has 0 aromatic heterocycles. The summed E-state index contributed by atoms with van der Waals surface area (Å²) in [4.78, 5) is 0. The molecule has 2 rings (SSSR count). The minimum atomic E-state index is -3.27. The topological polar surface area (TPSA) is 73.9 Å². The van der Waals surface area contributed by atoms with E-state index < -0.39 is 15.3 Å². The normalized spacial score (nSPS) is 12.9. The van der Waals surface area contributed by atoms with Crippen LogP contribution in [0.4, 0.5) is 0 Å². The Kier molecular flexibility index (Phi) is 4.94. The van der Waals surface area contributed by atoms with Crippen molar-refractivity contribution in [1.82, 2.24) is 4.72 Å². The Morgan fingerprint density at radius 1 is 1.29 bits per heavy atom. The molecule has 1 aromatic carbocycles. The summed E-state index contributed by atoms with van der Waals surface area (Å²) in [6, 6.07) is 5.25. The molecular formula is C14H17NO5S. The number of rotatable bonds is 5. The van der Waals surface area contributed by atoms with Crippen LogP contribution in [-0.2, 0) is 10.0 Å². The number of hydrogen-bond donors (Lipinski definition) is 1. The van der Waals surface area contributed by atoms with Gasteiger partial charge in [-0.2, -0.15) is 0 Å². The molecule has 0 radical (unpaired) electrons. The highest BCUT2D eigenvalue weighted by atomic mass is 32.2. The molecule has 0 atom stereocenters. The second kappa shape index (κ2) is 6.70. The van der Waals surface area contributed by atoms with Gasteiger partial charge in [0, 0.05) is 6.07 Å². The molecule has 0 spiro atoms. The van der Waals surface area contributed by atoms with E-state index in [4.69, 9.17) is 14.2 Å². The van der Waals surface area contributed by atoms with E-state index in [-0.39, 0.29) is 19.9 Å². The van der Waals surface area contributed by atoms with Gasteiger partial charge in [-0.05, 0) is 26.0 Å². The number of fused-ring (bicyclic) bond motifs is 1. The third-order valence-electron chi connectivity index (χ3n) is 2.76. The van der Waals surface area contributed by atoms with Gasteiger partial charge in [0.05, 0.1) is 11.8 Å². The van der Waals surface area contributed by atoms with E-state index in [2.05, 4.69) is 16.6 Å². The van der Waals surface area contributed by atoms with Gasteiger partial charge in [-0.3, -0.25) is 0 Å². The van der Waals surface area contributed by atoms with Crippen molar-refractivity contribution in [2.45, 2.75) is 19.1 Å². The number of nitrogens with one attached hydrogen (secondary N) is 1. The molecule has 0 bridgehead atoms. The van der Waals surface area contributed by atoms with Crippen molar-refractivity contribution < 1.29 is 22.6 Å². The zero-order chi connectivity index (χ0) is 15.3. The minimum Gasteiger partial charge on any atom is -0.481 e. The van der Waals surface area contributed by atoms with Gasteiger partial charge in [-0.25, -0.2) is 13.1 Å². The Bertz CT molecular complexity index is 658. The lowest BCUT2D eigenvalue weighted by Gasteiger charge is -2.06. The van der Waals surface area contributed by atoms with E-state index in [1.165, 1.54) is 0 Å². The zero-order valence-electron chi connectivity index (χ0n) is 11.9. The van der Waals surface area contributed by atoms with Crippen LogP contribution in [0.1, 0.15) is 13.8 Å². The standard InChI is InChI=1S/C14H17NO5S/c1-11(2)21(16,17)15-7-3-4-8-18-12-5-6-13-14(9-12)20-10-19-13/h5-6,9,11,15H,7-8,10H2,1-2H3. The highest BCUT2D eigenvalue weighted by Gasteiger charge is 2.14. The first-order valence-corrected chi connectivity index (χ1v) is 8.00. The maximum atomic E-state index is 11.5. The van der Waals surface area contributed by atoms with Crippen molar-refractivity contribution in [2.75, 3.05) is 19.9 Å². The number of sulfonamides is 1. The van der Waals surface area contributed by atoms with Gasteiger partial charge < -0.3 is 14.2 Å². The van der Waals surface area contributed by atoms with Crippen LogP contribution in [0, 0.1) is 11.8 Å².